The molecular weight excluding hydrogens is 562 g/mol. The van der Waals surface area contributed by atoms with E-state index in [9.17, 15) is 44.7 Å². The maximum Gasteiger partial charge on any atom is 0.255 e. The summed E-state index contributed by atoms with van der Waals surface area (Å²) in [7, 11) is 0. The van der Waals surface area contributed by atoms with Crippen molar-refractivity contribution in [1.29, 1.82) is 0 Å². The van der Waals surface area contributed by atoms with E-state index < -0.39 is 75.8 Å². The minimum absolute atomic E-state index is 0.161. The number of aliphatic hydroxyl groups excluding tert-OH is 3. The van der Waals surface area contributed by atoms with Gasteiger partial charge >= 0.3 is 0 Å². The molecule has 4 atom stereocenters. The molecule has 0 bridgehead atoms. The predicted molar refractivity (Wildman–Crippen MR) is 137 cm³/mol. The summed E-state index contributed by atoms with van der Waals surface area (Å²) in [5.74, 6) is -8.95. The summed E-state index contributed by atoms with van der Waals surface area (Å²) in [4.78, 5) is 50.1. The van der Waals surface area contributed by atoms with Gasteiger partial charge in [0.2, 0.25) is 10.5 Å². The maximum atomic E-state index is 13.8. The number of hydrogen-bond donors (Lipinski definition) is 6. The van der Waals surface area contributed by atoms with Crippen LogP contribution in [0.3, 0.4) is 0 Å². The Morgan fingerprint density at radius 1 is 1.08 bits per heavy atom. The molecule has 0 radical (unpaired) electrons. The first-order chi connectivity index (χ1) is 17.9. The normalized spacial score (nSPS) is 27.7. The van der Waals surface area contributed by atoms with Crippen LogP contribution in [0.1, 0.15) is 33.5 Å². The standard InChI is InChI=1S/C27H20BrNO9/c28-25(36)11-4-1-3-10(7-11)8-13-12-5-2-6-15(30)17(12)22(33)20-18(13)21(32)14-9-16(31)19(26(29)37)23(34)27(14,38)24(20)35/h1-8,14,18,21,30,32-34,38H,9H2,(H2,29,37)/b13-8+/t14-,18-,21-,27-/m1/s1. The fourth-order valence-corrected chi connectivity index (χ4v) is 5.87. The highest BCUT2D eigenvalue weighted by molar-refractivity contribution is 9.18. The van der Waals surface area contributed by atoms with Gasteiger partial charge in [-0.3, -0.25) is 19.2 Å². The van der Waals surface area contributed by atoms with Crippen molar-refractivity contribution in [3.8, 4) is 5.75 Å². The van der Waals surface area contributed by atoms with E-state index >= 15 is 0 Å². The number of phenols is 1. The second kappa shape index (κ2) is 8.76. The lowest BCUT2D eigenvalue weighted by Gasteiger charge is -2.49. The molecule has 0 aromatic heterocycles. The second-order valence-electron chi connectivity index (χ2n) is 9.35. The molecule has 0 saturated heterocycles. The average molecular weight is 582 g/mol. The third-order valence-electron chi connectivity index (χ3n) is 7.34. The summed E-state index contributed by atoms with van der Waals surface area (Å²) in [5, 5.41) is 55.5. The number of aromatic hydroxyl groups is 1. The Kier molecular flexibility index (Phi) is 5.90. The molecule has 0 aliphatic heterocycles. The van der Waals surface area contributed by atoms with Crippen LogP contribution in [-0.4, -0.2) is 59.4 Å². The number of aliphatic hydroxyl groups is 4. The average Bonchev–Trinajstić information content (AvgIpc) is 2.86. The lowest BCUT2D eigenvalue weighted by atomic mass is 9.56. The molecule has 0 heterocycles. The molecular formula is C27H20BrNO9. The molecule has 2 aromatic carbocycles. The third-order valence-corrected chi connectivity index (χ3v) is 7.79. The van der Waals surface area contributed by atoms with Crippen LogP contribution >= 0.6 is 15.9 Å². The van der Waals surface area contributed by atoms with E-state index in [0.717, 1.165) is 0 Å². The van der Waals surface area contributed by atoms with E-state index in [1.165, 1.54) is 18.2 Å². The second-order valence-corrected chi connectivity index (χ2v) is 10.1. The van der Waals surface area contributed by atoms with E-state index in [-0.39, 0.29) is 21.4 Å². The van der Waals surface area contributed by atoms with E-state index in [1.54, 1.807) is 30.3 Å². The number of fused-ring (bicyclic) bond motifs is 3. The van der Waals surface area contributed by atoms with Gasteiger partial charge < -0.3 is 31.3 Å². The molecule has 1 amide bonds. The van der Waals surface area contributed by atoms with E-state index in [0.29, 0.717) is 11.1 Å². The summed E-state index contributed by atoms with van der Waals surface area (Å²) in [6, 6.07) is 10.7. The van der Waals surface area contributed by atoms with Gasteiger partial charge in [-0.25, -0.2) is 0 Å². The smallest absolute Gasteiger partial charge is 0.255 e. The van der Waals surface area contributed by atoms with Gasteiger partial charge in [-0.05, 0) is 44.8 Å². The number of amides is 1. The van der Waals surface area contributed by atoms with Crippen LogP contribution in [-0.2, 0) is 14.4 Å². The zero-order chi connectivity index (χ0) is 27.7. The molecule has 2 aromatic rings. The Balaban J connectivity index is 1.81. The zero-order valence-electron chi connectivity index (χ0n) is 19.4. The number of carbonyl (C=O) groups is 4. The number of hydrogen-bond acceptors (Lipinski definition) is 9. The number of primary amides is 1. The van der Waals surface area contributed by atoms with Crippen molar-refractivity contribution in [2.24, 2.45) is 17.6 Å². The Labute approximate surface area is 223 Å². The third kappa shape index (κ3) is 3.46. The maximum absolute atomic E-state index is 13.8. The summed E-state index contributed by atoms with van der Waals surface area (Å²) < 4.78 is -0.385. The predicted octanol–water partition coefficient (Wildman–Crippen LogP) is 1.93. The lowest BCUT2D eigenvalue weighted by molar-refractivity contribution is -0.157. The minimum Gasteiger partial charge on any atom is -0.508 e. The van der Waals surface area contributed by atoms with Gasteiger partial charge in [0.15, 0.2) is 11.4 Å². The van der Waals surface area contributed by atoms with Crippen LogP contribution in [0.5, 0.6) is 5.75 Å². The number of Topliss-reactive ketones (excluding diaryl/α,β-unsaturated/α-hetero) is 2. The molecule has 3 aliphatic carbocycles. The van der Waals surface area contributed by atoms with E-state index in [4.69, 9.17) is 5.73 Å². The van der Waals surface area contributed by atoms with Gasteiger partial charge in [0.25, 0.3) is 5.91 Å². The molecule has 11 heteroatoms. The number of phenolic OH excluding ortho intramolecular Hbond substituents is 1. The molecule has 1 saturated carbocycles. The fraction of sp³-hybridized carbons (Fsp3) is 0.185. The van der Waals surface area contributed by atoms with Crippen molar-refractivity contribution in [3.05, 3.63) is 81.6 Å². The Morgan fingerprint density at radius 2 is 1.76 bits per heavy atom. The van der Waals surface area contributed by atoms with Crippen LogP contribution < -0.4 is 5.73 Å². The topological polar surface area (TPSA) is 195 Å². The number of ketones is 2. The molecule has 5 rings (SSSR count). The largest absolute Gasteiger partial charge is 0.508 e. The minimum atomic E-state index is -2.94. The first kappa shape index (κ1) is 25.6. The highest BCUT2D eigenvalue weighted by Gasteiger charge is 2.64. The molecule has 7 N–H and O–H groups in total. The van der Waals surface area contributed by atoms with E-state index in [2.05, 4.69) is 15.9 Å². The quantitative estimate of drug-likeness (QED) is 0.232. The zero-order valence-corrected chi connectivity index (χ0v) is 21.0. The molecule has 10 nitrogen and oxygen atoms in total. The van der Waals surface area contributed by atoms with Gasteiger partial charge in [0, 0.05) is 23.8 Å². The number of carbonyl (C=O) groups excluding carboxylic acids is 4. The highest BCUT2D eigenvalue weighted by atomic mass is 79.9. The summed E-state index contributed by atoms with van der Waals surface area (Å²) >= 11 is 2.89. The number of halogens is 1. The number of benzene rings is 2. The summed E-state index contributed by atoms with van der Waals surface area (Å²) in [6.07, 6.45) is -0.868. The van der Waals surface area contributed by atoms with Gasteiger partial charge in [0.1, 0.15) is 22.8 Å². The van der Waals surface area contributed by atoms with Crippen molar-refractivity contribution in [3.63, 3.8) is 0 Å². The monoisotopic (exact) mass is 581 g/mol. The van der Waals surface area contributed by atoms with Crippen molar-refractivity contribution in [2.75, 3.05) is 0 Å². The van der Waals surface area contributed by atoms with Crippen molar-refractivity contribution >= 4 is 55.5 Å². The van der Waals surface area contributed by atoms with Crippen LogP contribution in [0.4, 0.5) is 0 Å². The fourth-order valence-electron chi connectivity index (χ4n) is 5.62. The Bertz CT molecular complexity index is 1570. The lowest BCUT2D eigenvalue weighted by Crippen LogP contribution is -2.63. The van der Waals surface area contributed by atoms with Crippen LogP contribution in [0, 0.1) is 11.8 Å². The van der Waals surface area contributed by atoms with Gasteiger partial charge in [0.05, 0.1) is 17.2 Å². The Hall–Kier alpha value is -4.06. The highest BCUT2D eigenvalue weighted by Crippen LogP contribution is 2.55. The Morgan fingerprint density at radius 3 is 2.42 bits per heavy atom. The molecule has 0 unspecified atom stereocenters. The van der Waals surface area contributed by atoms with Crippen molar-refractivity contribution < 1.29 is 44.7 Å². The molecule has 38 heavy (non-hydrogen) atoms. The first-order valence-corrected chi connectivity index (χ1v) is 12.2. The molecule has 3 aliphatic rings. The van der Waals surface area contributed by atoms with Crippen molar-refractivity contribution in [1.82, 2.24) is 0 Å². The van der Waals surface area contributed by atoms with Crippen LogP contribution in [0.25, 0.3) is 17.4 Å². The van der Waals surface area contributed by atoms with Crippen LogP contribution in [0.15, 0.2) is 59.4 Å². The first-order valence-electron chi connectivity index (χ1n) is 11.4. The van der Waals surface area contributed by atoms with E-state index in [1.807, 2.05) is 0 Å². The molecule has 0 spiro atoms. The number of rotatable bonds is 3. The summed E-state index contributed by atoms with van der Waals surface area (Å²) in [6.45, 7) is 0. The van der Waals surface area contributed by atoms with Gasteiger partial charge in [-0.1, -0.05) is 36.4 Å². The molecule has 1 fully saturated rings. The van der Waals surface area contributed by atoms with Gasteiger partial charge in [-0.15, -0.1) is 0 Å². The summed E-state index contributed by atoms with van der Waals surface area (Å²) in [5.41, 5.74) is 1.88. The van der Waals surface area contributed by atoms with Crippen molar-refractivity contribution in [2.45, 2.75) is 18.1 Å². The SMILES string of the molecule is NC(=O)C1=C(O)[C@@]2(O)C(=O)C3=C(O)c4c(O)cccc4/C(=C\c4cccc(C(=O)Br)c4)[C@H]3[C@H](O)[C@H]2CC1=O. The van der Waals surface area contributed by atoms with Gasteiger partial charge in [-0.2, -0.15) is 0 Å². The van der Waals surface area contributed by atoms with Crippen LogP contribution in [0.2, 0.25) is 0 Å². The molecule has 194 valence electrons. The number of nitrogens with two attached hydrogens (primary N) is 1.